The first-order valence-electron chi connectivity index (χ1n) is 8.37. The van der Waals surface area contributed by atoms with Gasteiger partial charge in [-0.1, -0.05) is 6.07 Å². The molecule has 0 bridgehead atoms. The van der Waals surface area contributed by atoms with E-state index in [-0.39, 0.29) is 22.3 Å². The van der Waals surface area contributed by atoms with Crippen LogP contribution in [0.4, 0.5) is 10.1 Å². The summed E-state index contributed by atoms with van der Waals surface area (Å²) in [5.74, 6) is -0.950. The van der Waals surface area contributed by atoms with Gasteiger partial charge in [0.1, 0.15) is 5.82 Å². The molecular formula is C19H20FNO4S. The molecule has 1 unspecified atom stereocenters. The minimum Gasteiger partial charge on any atom is -0.377 e. The Hall–Kier alpha value is -2.25. The number of carbonyl (C=O) groups excluding carboxylic acids is 1. The molecule has 1 fully saturated rings. The van der Waals surface area contributed by atoms with E-state index in [1.807, 2.05) is 0 Å². The van der Waals surface area contributed by atoms with Crippen LogP contribution in [0.3, 0.4) is 0 Å². The zero-order valence-electron chi connectivity index (χ0n) is 14.4. The van der Waals surface area contributed by atoms with Gasteiger partial charge in [-0.3, -0.25) is 4.79 Å². The van der Waals surface area contributed by atoms with E-state index in [2.05, 4.69) is 5.32 Å². The second-order valence-corrected chi connectivity index (χ2v) is 8.39. The van der Waals surface area contributed by atoms with Gasteiger partial charge >= 0.3 is 0 Å². The molecule has 1 aliphatic rings. The predicted molar refractivity (Wildman–Crippen MR) is 96.6 cm³/mol. The van der Waals surface area contributed by atoms with E-state index in [9.17, 15) is 17.6 Å². The highest BCUT2D eigenvalue weighted by Gasteiger charge is 2.24. The maximum Gasteiger partial charge on any atom is 0.255 e. The van der Waals surface area contributed by atoms with Gasteiger partial charge < -0.3 is 10.1 Å². The third kappa shape index (κ3) is 4.28. The smallest absolute Gasteiger partial charge is 0.255 e. The molecule has 1 amide bonds. The highest BCUT2D eigenvalue weighted by molar-refractivity contribution is 7.91. The Bertz CT molecular complexity index is 904. The zero-order valence-corrected chi connectivity index (χ0v) is 15.2. The minimum atomic E-state index is -3.44. The van der Waals surface area contributed by atoms with Crippen LogP contribution in [0.25, 0.3) is 0 Å². The second-order valence-electron chi connectivity index (χ2n) is 6.36. The molecule has 3 rings (SSSR count). The van der Waals surface area contributed by atoms with Gasteiger partial charge in [-0.25, -0.2) is 12.8 Å². The fourth-order valence-electron chi connectivity index (χ4n) is 2.80. The standard InChI is InChI=1S/C19H20FNO4S/c1-13-4-5-14(11-18(13)20)19(22)21-15-6-8-17(9-7-15)26(23,24)12-16-3-2-10-25-16/h4-9,11,16H,2-3,10,12H2,1H3,(H,21,22). The molecule has 2 aromatic carbocycles. The number of aryl methyl sites for hydroxylation is 1. The molecule has 2 aromatic rings. The molecule has 1 atom stereocenters. The average Bonchev–Trinajstić information content (AvgIpc) is 3.10. The molecule has 0 spiro atoms. The fourth-order valence-corrected chi connectivity index (χ4v) is 4.30. The van der Waals surface area contributed by atoms with Gasteiger partial charge in [0.25, 0.3) is 5.91 Å². The van der Waals surface area contributed by atoms with Crippen LogP contribution in [0, 0.1) is 12.7 Å². The topological polar surface area (TPSA) is 72.5 Å². The maximum atomic E-state index is 13.6. The number of amides is 1. The molecule has 5 nitrogen and oxygen atoms in total. The molecule has 7 heteroatoms. The van der Waals surface area contributed by atoms with Crippen LogP contribution in [-0.2, 0) is 14.6 Å². The number of hydrogen-bond donors (Lipinski definition) is 1. The Labute approximate surface area is 152 Å². The number of nitrogens with one attached hydrogen (secondary N) is 1. The van der Waals surface area contributed by atoms with Crippen LogP contribution in [0.15, 0.2) is 47.4 Å². The molecule has 1 saturated heterocycles. The Balaban J connectivity index is 1.68. The highest BCUT2D eigenvalue weighted by Crippen LogP contribution is 2.21. The monoisotopic (exact) mass is 377 g/mol. The van der Waals surface area contributed by atoms with Gasteiger partial charge in [0, 0.05) is 17.9 Å². The van der Waals surface area contributed by atoms with E-state index >= 15 is 0 Å². The van der Waals surface area contributed by atoms with Crippen molar-refractivity contribution < 1.29 is 22.3 Å². The van der Waals surface area contributed by atoms with Crippen molar-refractivity contribution in [1.29, 1.82) is 0 Å². The quantitative estimate of drug-likeness (QED) is 0.867. The molecule has 0 aliphatic carbocycles. The van der Waals surface area contributed by atoms with Crippen molar-refractivity contribution in [3.8, 4) is 0 Å². The third-order valence-electron chi connectivity index (χ3n) is 4.33. The van der Waals surface area contributed by atoms with Gasteiger partial charge in [-0.15, -0.1) is 0 Å². The van der Waals surface area contributed by atoms with E-state index < -0.39 is 21.6 Å². The minimum absolute atomic E-state index is 0.0403. The van der Waals surface area contributed by atoms with Crippen LogP contribution in [0.1, 0.15) is 28.8 Å². The largest absolute Gasteiger partial charge is 0.377 e. The zero-order chi connectivity index (χ0) is 18.7. The number of rotatable bonds is 5. The van der Waals surface area contributed by atoms with Crippen molar-refractivity contribution in [2.45, 2.75) is 30.8 Å². The summed E-state index contributed by atoms with van der Waals surface area (Å²) in [6.07, 6.45) is 1.38. The number of ether oxygens (including phenoxy) is 1. The Morgan fingerprint density at radius 1 is 1.23 bits per heavy atom. The van der Waals surface area contributed by atoms with E-state index in [0.717, 1.165) is 12.8 Å². The van der Waals surface area contributed by atoms with Crippen LogP contribution in [-0.4, -0.2) is 32.8 Å². The van der Waals surface area contributed by atoms with E-state index in [4.69, 9.17) is 4.74 Å². The Kier molecular flexibility index (Phi) is 5.38. The van der Waals surface area contributed by atoms with Crippen LogP contribution in [0.5, 0.6) is 0 Å². The van der Waals surface area contributed by atoms with Crippen LogP contribution in [0.2, 0.25) is 0 Å². The summed E-state index contributed by atoms with van der Waals surface area (Å²) in [4.78, 5) is 12.4. The summed E-state index contributed by atoms with van der Waals surface area (Å²) >= 11 is 0. The lowest BCUT2D eigenvalue weighted by molar-refractivity contribution is 0.102. The van der Waals surface area contributed by atoms with Crippen molar-refractivity contribution in [2.75, 3.05) is 17.7 Å². The van der Waals surface area contributed by atoms with Gasteiger partial charge in [0.2, 0.25) is 0 Å². The first kappa shape index (κ1) is 18.5. The lowest BCUT2D eigenvalue weighted by atomic mass is 10.1. The summed E-state index contributed by atoms with van der Waals surface area (Å²) < 4.78 is 43.8. The summed E-state index contributed by atoms with van der Waals surface area (Å²) in [7, 11) is -3.44. The van der Waals surface area contributed by atoms with Crippen molar-refractivity contribution >= 4 is 21.4 Å². The third-order valence-corrected chi connectivity index (χ3v) is 6.14. The van der Waals surface area contributed by atoms with E-state index in [0.29, 0.717) is 17.9 Å². The molecule has 1 aliphatic heterocycles. The molecule has 1 heterocycles. The summed E-state index contributed by atoms with van der Waals surface area (Å²) in [5.41, 5.74) is 1.09. The van der Waals surface area contributed by atoms with Crippen LogP contribution >= 0.6 is 0 Å². The van der Waals surface area contributed by atoms with E-state index in [1.54, 1.807) is 6.92 Å². The number of sulfone groups is 1. The lowest BCUT2D eigenvalue weighted by Gasteiger charge is -2.11. The number of benzene rings is 2. The van der Waals surface area contributed by atoms with Gasteiger partial charge in [0.15, 0.2) is 9.84 Å². The second kappa shape index (κ2) is 7.55. The SMILES string of the molecule is Cc1ccc(C(=O)Nc2ccc(S(=O)(=O)CC3CCCO3)cc2)cc1F. The summed E-state index contributed by atoms with van der Waals surface area (Å²) in [5, 5.41) is 2.63. The molecule has 0 saturated carbocycles. The maximum absolute atomic E-state index is 13.6. The molecule has 26 heavy (non-hydrogen) atoms. The molecular weight excluding hydrogens is 357 g/mol. The van der Waals surface area contributed by atoms with Crippen molar-refractivity contribution in [3.05, 3.63) is 59.4 Å². The number of carbonyl (C=O) groups is 1. The Morgan fingerprint density at radius 2 is 1.96 bits per heavy atom. The van der Waals surface area contributed by atoms with Gasteiger partial charge in [0.05, 0.1) is 16.8 Å². The normalized spacial score (nSPS) is 17.2. The van der Waals surface area contributed by atoms with Crippen LogP contribution < -0.4 is 5.32 Å². The highest BCUT2D eigenvalue weighted by atomic mass is 32.2. The van der Waals surface area contributed by atoms with Gasteiger partial charge in [-0.2, -0.15) is 0 Å². The van der Waals surface area contributed by atoms with Crippen molar-refractivity contribution in [1.82, 2.24) is 0 Å². The number of anilines is 1. The van der Waals surface area contributed by atoms with Crippen molar-refractivity contribution in [3.63, 3.8) is 0 Å². The lowest BCUT2D eigenvalue weighted by Crippen LogP contribution is -2.20. The Morgan fingerprint density at radius 3 is 2.58 bits per heavy atom. The first-order valence-corrected chi connectivity index (χ1v) is 10.0. The summed E-state index contributed by atoms with van der Waals surface area (Å²) in [6.45, 7) is 2.22. The molecule has 138 valence electrons. The van der Waals surface area contributed by atoms with Crippen molar-refractivity contribution in [2.24, 2.45) is 0 Å². The number of halogens is 1. The average molecular weight is 377 g/mol. The first-order chi connectivity index (χ1) is 12.3. The molecule has 1 N–H and O–H groups in total. The van der Waals surface area contributed by atoms with E-state index in [1.165, 1.54) is 42.5 Å². The molecule has 0 aromatic heterocycles. The molecule has 0 radical (unpaired) electrons. The van der Waals surface area contributed by atoms with Gasteiger partial charge in [-0.05, 0) is 61.7 Å². The number of hydrogen-bond acceptors (Lipinski definition) is 4. The fraction of sp³-hybridized carbons (Fsp3) is 0.316. The summed E-state index contributed by atoms with van der Waals surface area (Å²) in [6, 6.07) is 10.2. The predicted octanol–water partition coefficient (Wildman–Crippen LogP) is 3.34.